The van der Waals surface area contributed by atoms with Gasteiger partial charge in [-0.25, -0.2) is 8.42 Å². The van der Waals surface area contributed by atoms with Crippen molar-refractivity contribution in [2.24, 2.45) is 4.99 Å². The maximum absolute atomic E-state index is 12.9. The molecule has 1 amide bonds. The molecule has 1 aliphatic rings. The summed E-state index contributed by atoms with van der Waals surface area (Å²) in [5, 5.41) is 0. The predicted molar refractivity (Wildman–Crippen MR) is 127 cm³/mol. The maximum Gasteiger partial charge on any atom is 0.279 e. The van der Waals surface area contributed by atoms with Crippen LogP contribution in [0.15, 0.2) is 52.4 Å². The van der Waals surface area contributed by atoms with Crippen LogP contribution >= 0.6 is 11.3 Å². The van der Waals surface area contributed by atoms with Gasteiger partial charge >= 0.3 is 0 Å². The summed E-state index contributed by atoms with van der Waals surface area (Å²) in [4.78, 5) is 18.0. The van der Waals surface area contributed by atoms with Gasteiger partial charge in [-0.05, 0) is 62.2 Å². The van der Waals surface area contributed by atoms with Crippen LogP contribution in [-0.2, 0) is 21.3 Å². The standard InChI is InChI=1S/C23H27N3O5S2/c1-3-31-18-8-11-20-21(16-18)32-23(26(20)14-15-30-2)24-22(27)17-6-9-19(10-7-17)33(28,29)25-12-4-5-13-25/h6-11,16H,3-5,12-15H2,1-2H3. The van der Waals surface area contributed by atoms with Crippen molar-refractivity contribution in [1.29, 1.82) is 0 Å². The van der Waals surface area contributed by atoms with Crippen LogP contribution in [0.5, 0.6) is 5.75 Å². The van der Waals surface area contributed by atoms with E-state index < -0.39 is 15.9 Å². The van der Waals surface area contributed by atoms with Crippen molar-refractivity contribution in [3.05, 3.63) is 52.8 Å². The van der Waals surface area contributed by atoms with Gasteiger partial charge in [0.05, 0.1) is 28.3 Å². The van der Waals surface area contributed by atoms with Gasteiger partial charge in [0, 0.05) is 32.3 Å². The summed E-state index contributed by atoms with van der Waals surface area (Å²) in [6.45, 7) is 4.60. The first kappa shape index (κ1) is 23.6. The Balaban J connectivity index is 1.66. The highest BCUT2D eigenvalue weighted by molar-refractivity contribution is 7.89. The molecule has 3 aromatic rings. The summed E-state index contributed by atoms with van der Waals surface area (Å²) >= 11 is 1.40. The molecule has 0 radical (unpaired) electrons. The Hall–Kier alpha value is -2.53. The summed E-state index contributed by atoms with van der Waals surface area (Å²) in [7, 11) is -1.89. The largest absolute Gasteiger partial charge is 0.494 e. The molecule has 1 aromatic heterocycles. The van der Waals surface area contributed by atoms with Crippen molar-refractivity contribution in [2.45, 2.75) is 31.2 Å². The lowest BCUT2D eigenvalue weighted by atomic mass is 10.2. The molecule has 0 N–H and O–H groups in total. The number of sulfonamides is 1. The molecule has 176 valence electrons. The number of hydrogen-bond donors (Lipinski definition) is 0. The Morgan fingerprint density at radius 1 is 1.12 bits per heavy atom. The molecule has 0 aliphatic carbocycles. The third kappa shape index (κ3) is 5.03. The minimum atomic E-state index is -3.52. The third-order valence-electron chi connectivity index (χ3n) is 5.49. The monoisotopic (exact) mass is 489 g/mol. The van der Waals surface area contributed by atoms with Gasteiger partial charge in [0.1, 0.15) is 5.75 Å². The molecule has 1 saturated heterocycles. The van der Waals surface area contributed by atoms with Crippen LogP contribution in [0.2, 0.25) is 0 Å². The number of hydrogen-bond acceptors (Lipinski definition) is 6. The zero-order chi connectivity index (χ0) is 23.4. The first-order valence-electron chi connectivity index (χ1n) is 10.9. The molecule has 0 bridgehead atoms. The molecule has 0 atom stereocenters. The van der Waals surface area contributed by atoms with Gasteiger partial charge in [0.2, 0.25) is 10.0 Å². The molecule has 0 spiro atoms. The quantitative estimate of drug-likeness (QED) is 0.484. The van der Waals surface area contributed by atoms with E-state index in [1.54, 1.807) is 7.11 Å². The minimum absolute atomic E-state index is 0.196. The van der Waals surface area contributed by atoms with Gasteiger partial charge in [-0.3, -0.25) is 4.79 Å². The van der Waals surface area contributed by atoms with Crippen molar-refractivity contribution in [3.63, 3.8) is 0 Å². The number of fused-ring (bicyclic) bond motifs is 1. The zero-order valence-electron chi connectivity index (χ0n) is 18.7. The van der Waals surface area contributed by atoms with Crippen LogP contribution in [0.25, 0.3) is 10.2 Å². The van der Waals surface area contributed by atoms with Crippen molar-refractivity contribution in [1.82, 2.24) is 8.87 Å². The second-order valence-corrected chi connectivity index (χ2v) is 10.6. The minimum Gasteiger partial charge on any atom is -0.494 e. The van der Waals surface area contributed by atoms with Crippen LogP contribution in [0, 0.1) is 0 Å². The molecule has 8 nitrogen and oxygen atoms in total. The van der Waals surface area contributed by atoms with E-state index >= 15 is 0 Å². The number of nitrogens with zero attached hydrogens (tertiary/aromatic N) is 3. The fourth-order valence-corrected chi connectivity index (χ4v) is 6.39. The van der Waals surface area contributed by atoms with Gasteiger partial charge in [0.15, 0.2) is 4.80 Å². The van der Waals surface area contributed by atoms with Gasteiger partial charge in [-0.2, -0.15) is 9.30 Å². The molecule has 10 heteroatoms. The van der Waals surface area contributed by atoms with Crippen LogP contribution in [0.3, 0.4) is 0 Å². The number of thiazole rings is 1. The molecule has 0 unspecified atom stereocenters. The maximum atomic E-state index is 12.9. The van der Waals surface area contributed by atoms with Gasteiger partial charge in [0.25, 0.3) is 5.91 Å². The lowest BCUT2D eigenvalue weighted by Crippen LogP contribution is -2.27. The highest BCUT2D eigenvalue weighted by atomic mass is 32.2. The van der Waals surface area contributed by atoms with Crippen molar-refractivity contribution >= 4 is 37.5 Å². The predicted octanol–water partition coefficient (Wildman–Crippen LogP) is 3.27. The zero-order valence-corrected chi connectivity index (χ0v) is 20.3. The van der Waals surface area contributed by atoms with E-state index in [2.05, 4.69) is 4.99 Å². The number of aromatic nitrogens is 1. The second-order valence-electron chi connectivity index (χ2n) is 7.64. The molecule has 4 rings (SSSR count). The smallest absolute Gasteiger partial charge is 0.279 e. The van der Waals surface area contributed by atoms with E-state index in [9.17, 15) is 13.2 Å². The Morgan fingerprint density at radius 3 is 2.52 bits per heavy atom. The first-order valence-corrected chi connectivity index (χ1v) is 13.1. The molecule has 0 saturated carbocycles. The molecule has 2 aromatic carbocycles. The van der Waals surface area contributed by atoms with Gasteiger partial charge in [-0.1, -0.05) is 11.3 Å². The summed E-state index contributed by atoms with van der Waals surface area (Å²) in [5.74, 6) is 0.334. The average molecular weight is 490 g/mol. The number of methoxy groups -OCH3 is 1. The lowest BCUT2D eigenvalue weighted by Gasteiger charge is -2.15. The Labute approximate surface area is 197 Å². The molecule has 33 heavy (non-hydrogen) atoms. The highest BCUT2D eigenvalue weighted by Gasteiger charge is 2.27. The van der Waals surface area contributed by atoms with Crippen LogP contribution < -0.4 is 9.54 Å². The number of ether oxygens (including phenoxy) is 2. The van der Waals surface area contributed by atoms with E-state index in [4.69, 9.17) is 9.47 Å². The van der Waals surface area contributed by atoms with Gasteiger partial charge in [-0.15, -0.1) is 0 Å². The number of carbonyl (C=O) groups is 1. The topological polar surface area (TPSA) is 90.2 Å². The van der Waals surface area contributed by atoms with Crippen LogP contribution in [0.4, 0.5) is 0 Å². The number of carbonyl (C=O) groups excluding carboxylic acids is 1. The molecule has 1 aliphatic heterocycles. The van der Waals surface area contributed by atoms with Crippen molar-refractivity contribution in [2.75, 3.05) is 33.4 Å². The summed E-state index contributed by atoms with van der Waals surface area (Å²) in [6.07, 6.45) is 1.75. The van der Waals surface area contributed by atoms with Crippen molar-refractivity contribution in [3.8, 4) is 5.75 Å². The second kappa shape index (κ2) is 10.2. The fraction of sp³-hybridized carbons (Fsp3) is 0.391. The average Bonchev–Trinajstić information content (AvgIpc) is 3.46. The van der Waals surface area contributed by atoms with Crippen LogP contribution in [0.1, 0.15) is 30.1 Å². The molecular weight excluding hydrogens is 462 g/mol. The Morgan fingerprint density at radius 2 is 1.85 bits per heavy atom. The summed E-state index contributed by atoms with van der Waals surface area (Å²) < 4.78 is 40.6. The Bertz CT molecular complexity index is 1300. The fourth-order valence-electron chi connectivity index (χ4n) is 3.79. The Kier molecular flexibility index (Phi) is 7.28. The van der Waals surface area contributed by atoms with Crippen LogP contribution in [-0.4, -0.2) is 56.6 Å². The molecular formula is C23H27N3O5S2. The molecule has 1 fully saturated rings. The molecule has 2 heterocycles. The normalized spacial score (nSPS) is 15.4. The lowest BCUT2D eigenvalue weighted by molar-refractivity contribution is 0.0997. The highest BCUT2D eigenvalue weighted by Crippen LogP contribution is 2.24. The van der Waals surface area contributed by atoms with Gasteiger partial charge < -0.3 is 14.0 Å². The summed E-state index contributed by atoms with van der Waals surface area (Å²) in [5.41, 5.74) is 1.28. The number of amides is 1. The SMILES string of the molecule is CCOc1ccc2c(c1)sc(=NC(=O)c1ccc(S(=O)(=O)N3CCCC3)cc1)n2CCOC. The third-order valence-corrected chi connectivity index (χ3v) is 8.44. The van der Waals surface area contributed by atoms with E-state index in [1.165, 1.54) is 39.9 Å². The van der Waals surface area contributed by atoms with E-state index in [0.29, 0.717) is 43.2 Å². The summed E-state index contributed by atoms with van der Waals surface area (Å²) in [6, 6.07) is 11.8. The number of rotatable bonds is 8. The van der Waals surface area contributed by atoms with E-state index in [1.807, 2.05) is 29.7 Å². The van der Waals surface area contributed by atoms with Crippen molar-refractivity contribution < 1.29 is 22.7 Å². The van der Waals surface area contributed by atoms with E-state index in [0.717, 1.165) is 28.8 Å². The van der Waals surface area contributed by atoms with E-state index in [-0.39, 0.29) is 4.90 Å². The first-order chi connectivity index (χ1) is 15.9. The number of benzene rings is 2.